The number of hydrogen-bond acceptors (Lipinski definition) is 37. The first-order valence-electron chi connectivity index (χ1n) is 29.9. The molecule has 7 rings (SSSR count). The number of aliphatic carboxylic acids is 2. The number of carboxylic acid groups (broad SMARTS) is 2. The van der Waals surface area contributed by atoms with Crippen LogP contribution in [0.1, 0.15) is 73.4 Å². The zero-order chi connectivity index (χ0) is 75.2. The van der Waals surface area contributed by atoms with Gasteiger partial charge in [0.05, 0.1) is 43.0 Å². The van der Waals surface area contributed by atoms with Crippen LogP contribution in [-0.2, 0) is 94.5 Å². The van der Waals surface area contributed by atoms with Crippen LogP contribution in [0.25, 0.3) is 5.69 Å². The number of nitro benzene ring substituents is 1. The van der Waals surface area contributed by atoms with Gasteiger partial charge < -0.3 is 151 Å². The predicted octanol–water partition coefficient (Wildman–Crippen LogP) is -9.80. The Kier molecular flexibility index (Phi) is 27.0. The molecule has 564 valence electrons. The summed E-state index contributed by atoms with van der Waals surface area (Å²) in [6.45, 7) is -0.669. The van der Waals surface area contributed by atoms with Crippen molar-refractivity contribution in [1.82, 2.24) is 25.4 Å². The van der Waals surface area contributed by atoms with Gasteiger partial charge in [-0.15, -0.1) is 5.10 Å². The molecule has 5 aliphatic heterocycles. The molecular weight excluding hydrogens is 1400 g/mol. The van der Waals surface area contributed by atoms with Gasteiger partial charge in [-0.1, -0.05) is 0 Å². The minimum absolute atomic E-state index is 0.155. The Balaban J connectivity index is 1.26. The SMILES string of the molecule is CC(=O)N[C@H]1[C@H](O[C@H]2[C@H](O)[C@@H](NC(C)=O)[C@H](O[C@H]3[C@@H](OP(=O)(O)OC[C@H](OCC=O)C(N)=O)O[C@H](C(=O)O)[C@@](C)(O)[C@@H]3OC(N)=O)O[C@@H]2CO[C@@H]2O[C@H](CO)[C@@H](O)[C@H](O)[C@H]2O)O[C@H](C)[C@@H](O[C@@H]2O[C@H](c3nc(C(=O)CCC(=O)O)nn3-c3ccc([N+](=O)[O-])c(C(N)=O)c3)[C@H](O)[C@H](O)[C@H]2O)[C@@H]1O. The fraction of sp³-hybridized carbons (Fsp3) is 0.679. The van der Waals surface area contributed by atoms with Crippen LogP contribution in [0.4, 0.5) is 10.5 Å². The van der Waals surface area contributed by atoms with E-state index in [0.29, 0.717) is 11.6 Å². The standard InChI is InChI=1S/C53H74N9O38P/c1-15-36(94-50-35(77)32(74)33(75)38(96-50)45-59-44(21(67)7-8-25(68)69)60-61(45)18-5-6-20(62(84)85)19(11-18)42(54)78)29(71)26(57-16(2)65)47(91-15)95-37-23(13-89-49-34(76)31(73)28(70)22(12-64)92-49)93-48(27(30(37)72)58-17(3)66)97-39-40(99-52(56)82)53(4,83)41(46(80)81)98-51(39)100-101(86,87)90-14-24(43(55)79)88-10-9-63/h5-6,9,11,15,22-24,26-41,47-51,64,70-77,83H,7-8,10,12-14H2,1-4H3,(H2,54,78)(H2,55,79)(H2,56,82)(H,57,65)(H,58,66)(H,68,69)(H,80,81)(H,86,87)/t15-,22-,23-,24+,26-,27-,28-,29-,30-,31+,32+,33-,34-,35-,36-,37-,38+,39-,40-,41-,47+,48+,49-,50-,51-,53+/m1/s1. The van der Waals surface area contributed by atoms with Crippen molar-refractivity contribution in [1.29, 1.82) is 0 Å². The van der Waals surface area contributed by atoms with E-state index in [4.69, 9.17) is 78.4 Å². The third-order valence-electron chi connectivity index (χ3n) is 16.0. The zero-order valence-electron chi connectivity index (χ0n) is 53.0. The molecular formula is C53H74N9O38P. The Morgan fingerprint density at radius 2 is 1.36 bits per heavy atom. The number of nitrogens with two attached hydrogens (primary N) is 3. The first kappa shape index (κ1) is 80.8. The summed E-state index contributed by atoms with van der Waals surface area (Å²) in [5.74, 6) is -10.8. The van der Waals surface area contributed by atoms with Gasteiger partial charge in [-0.05, 0) is 26.0 Å². The van der Waals surface area contributed by atoms with Crippen LogP contribution < -0.4 is 27.8 Å². The van der Waals surface area contributed by atoms with Crippen molar-refractivity contribution in [2.75, 3.05) is 26.4 Å². The topological polar surface area (TPSA) is 730 Å². The molecule has 47 nitrogen and oxygen atoms in total. The van der Waals surface area contributed by atoms with Gasteiger partial charge in [0.15, 0.2) is 61.7 Å². The molecule has 5 aliphatic rings. The van der Waals surface area contributed by atoms with Crippen molar-refractivity contribution in [3.8, 4) is 5.69 Å². The number of ether oxygens (including phenoxy) is 11. The van der Waals surface area contributed by atoms with Gasteiger partial charge in [0.2, 0.25) is 29.3 Å². The molecule has 1 aromatic carbocycles. The van der Waals surface area contributed by atoms with E-state index in [-0.39, 0.29) is 12.0 Å². The summed E-state index contributed by atoms with van der Waals surface area (Å²) in [6.07, 6.45) is -54.2. The van der Waals surface area contributed by atoms with E-state index in [9.17, 15) is 124 Å². The molecule has 0 saturated carbocycles. The normalized spacial score (nSPS) is 36.0. The lowest BCUT2D eigenvalue weighted by molar-refractivity contribution is -0.385. The minimum atomic E-state index is -5.86. The minimum Gasteiger partial charge on any atom is -0.481 e. The summed E-state index contributed by atoms with van der Waals surface area (Å²) >= 11 is 0. The lowest BCUT2D eigenvalue weighted by Gasteiger charge is -2.51. The number of benzene rings is 1. The third-order valence-corrected chi connectivity index (χ3v) is 17.0. The Hall–Kier alpha value is -7.50. The number of phosphoric ester groups is 1. The number of aliphatic hydroxyl groups excluding tert-OH is 9. The maximum absolute atomic E-state index is 13.7. The third kappa shape index (κ3) is 18.8. The van der Waals surface area contributed by atoms with E-state index in [1.54, 1.807) is 0 Å². The molecule has 0 bridgehead atoms. The van der Waals surface area contributed by atoms with Crippen LogP contribution in [0.5, 0.6) is 0 Å². The van der Waals surface area contributed by atoms with Gasteiger partial charge in [0, 0.05) is 26.3 Å². The van der Waals surface area contributed by atoms with Crippen molar-refractivity contribution in [2.45, 2.75) is 200 Å². The van der Waals surface area contributed by atoms with Crippen molar-refractivity contribution >= 4 is 67.2 Å². The second kappa shape index (κ2) is 33.7. The number of aldehydes is 1. The largest absolute Gasteiger partial charge is 0.481 e. The number of aliphatic hydroxyl groups is 10. The van der Waals surface area contributed by atoms with Crippen molar-refractivity contribution in [2.24, 2.45) is 17.2 Å². The molecule has 27 atom stereocenters. The molecule has 1 unspecified atom stereocenters. The summed E-state index contributed by atoms with van der Waals surface area (Å²) in [5.41, 5.74) is 11.1. The number of aromatic nitrogens is 3. The van der Waals surface area contributed by atoms with E-state index in [0.717, 1.165) is 39.0 Å². The van der Waals surface area contributed by atoms with Crippen LogP contribution in [0.3, 0.4) is 0 Å². The van der Waals surface area contributed by atoms with Crippen molar-refractivity contribution in [3.05, 3.63) is 45.5 Å². The zero-order valence-corrected chi connectivity index (χ0v) is 53.9. The van der Waals surface area contributed by atoms with Gasteiger partial charge in [-0.3, -0.25) is 47.9 Å². The lowest BCUT2D eigenvalue weighted by Crippen LogP contribution is -2.72. The number of ketones is 1. The molecule has 48 heteroatoms. The number of carboxylic acids is 2. The Labute approximate surface area is 565 Å². The molecule has 2 aromatic rings. The van der Waals surface area contributed by atoms with Crippen LogP contribution in [0, 0.1) is 10.1 Å². The van der Waals surface area contributed by atoms with E-state index in [2.05, 4.69) is 20.7 Å². The average Bonchev–Trinajstić information content (AvgIpc) is 1.40. The van der Waals surface area contributed by atoms with Crippen LogP contribution >= 0.6 is 7.82 Å². The highest BCUT2D eigenvalue weighted by Crippen LogP contribution is 2.49. The number of phosphoric acid groups is 1. The van der Waals surface area contributed by atoms with E-state index < -0.39 is 281 Å². The van der Waals surface area contributed by atoms with Crippen molar-refractivity contribution < 1.29 is 180 Å². The number of carbonyl (C=O) groups excluding carboxylic acids is 7. The van der Waals surface area contributed by atoms with Gasteiger partial charge >= 0.3 is 25.9 Å². The van der Waals surface area contributed by atoms with E-state index >= 15 is 0 Å². The maximum Gasteiger partial charge on any atom is 0.474 e. The molecule has 0 aliphatic carbocycles. The summed E-state index contributed by atoms with van der Waals surface area (Å²) in [6, 6.07) is -1.58. The van der Waals surface area contributed by atoms with Gasteiger partial charge in [0.25, 0.3) is 11.6 Å². The highest BCUT2D eigenvalue weighted by molar-refractivity contribution is 7.47. The van der Waals surface area contributed by atoms with Gasteiger partial charge in [0.1, 0.15) is 115 Å². The first-order valence-corrected chi connectivity index (χ1v) is 31.4. The number of nitrogens with one attached hydrogen (secondary N) is 2. The Bertz CT molecular complexity index is 3410. The summed E-state index contributed by atoms with van der Waals surface area (Å²) in [5, 5.41) is 153. The molecule has 1 aromatic heterocycles. The molecule has 6 heterocycles. The number of hydrogen-bond donors (Lipinski definition) is 18. The number of rotatable bonds is 31. The first-order chi connectivity index (χ1) is 47.2. The number of nitrogens with zero attached hydrogens (tertiary/aromatic N) is 4. The predicted molar refractivity (Wildman–Crippen MR) is 311 cm³/mol. The highest BCUT2D eigenvalue weighted by atomic mass is 31.2. The fourth-order valence-corrected chi connectivity index (χ4v) is 12.0. The smallest absolute Gasteiger partial charge is 0.474 e. The molecule has 5 fully saturated rings. The van der Waals surface area contributed by atoms with E-state index in [1.807, 2.05) is 0 Å². The Morgan fingerprint density at radius 3 is 1.92 bits per heavy atom. The van der Waals surface area contributed by atoms with Crippen LogP contribution in [0.2, 0.25) is 0 Å². The van der Waals surface area contributed by atoms with Gasteiger partial charge in [-0.2, -0.15) is 0 Å². The highest BCUT2D eigenvalue weighted by Gasteiger charge is 2.63. The quantitative estimate of drug-likeness (QED) is 0.0110. The number of amides is 5. The second-order valence-corrected chi connectivity index (χ2v) is 24.7. The molecule has 0 spiro atoms. The molecule has 21 N–H and O–H groups in total. The molecule has 5 saturated heterocycles. The van der Waals surface area contributed by atoms with Gasteiger partial charge in [-0.25, -0.2) is 23.8 Å². The lowest BCUT2D eigenvalue weighted by atomic mass is 9.85. The van der Waals surface area contributed by atoms with E-state index in [1.165, 1.54) is 0 Å². The second-order valence-electron chi connectivity index (χ2n) is 23.3. The summed E-state index contributed by atoms with van der Waals surface area (Å²) < 4.78 is 87.8. The summed E-state index contributed by atoms with van der Waals surface area (Å²) in [4.78, 5) is 138. The number of carbonyl (C=O) groups is 9. The fourth-order valence-electron chi connectivity index (χ4n) is 11.1. The molecule has 0 radical (unpaired) electrons. The summed E-state index contributed by atoms with van der Waals surface area (Å²) in [7, 11) is -5.86. The molecule has 101 heavy (non-hydrogen) atoms. The van der Waals surface area contributed by atoms with Crippen molar-refractivity contribution in [3.63, 3.8) is 0 Å². The number of nitro groups is 1. The number of primary amides is 3. The van der Waals surface area contributed by atoms with Crippen LogP contribution in [0.15, 0.2) is 18.2 Å². The molecule has 5 amide bonds. The monoisotopic (exact) mass is 1480 g/mol. The maximum atomic E-state index is 13.7. The average molecular weight is 1480 g/mol. The Morgan fingerprint density at radius 1 is 0.772 bits per heavy atom. The number of Topliss-reactive ketones (excluding diaryl/α,β-unsaturated/α-hetero) is 1. The van der Waals surface area contributed by atoms with Crippen LogP contribution in [-0.4, -0.2) is 319 Å².